The lowest BCUT2D eigenvalue weighted by Crippen LogP contribution is -2.44. The molecule has 1 aromatic carbocycles. The van der Waals surface area contributed by atoms with Crippen LogP contribution in [0.5, 0.6) is 0 Å². The van der Waals surface area contributed by atoms with Crippen LogP contribution in [0.15, 0.2) is 30.3 Å². The zero-order valence-electron chi connectivity index (χ0n) is 15.1. The molecule has 4 rings (SSSR count). The van der Waals surface area contributed by atoms with Crippen LogP contribution in [0.3, 0.4) is 0 Å². The molecule has 0 saturated carbocycles. The van der Waals surface area contributed by atoms with E-state index in [1.807, 2.05) is 58.0 Å². The van der Waals surface area contributed by atoms with Crippen molar-refractivity contribution in [1.29, 1.82) is 0 Å². The van der Waals surface area contributed by atoms with Gasteiger partial charge in [0.25, 0.3) is 0 Å². The SMILES string of the molecule is CC1(C)O[C@H]2O[C@H]([C@H]3COC(C)(C)O3)[C@@H](OCc3ccccc3)[C@@H]2O1. The van der Waals surface area contributed by atoms with Crippen molar-refractivity contribution in [2.24, 2.45) is 0 Å². The van der Waals surface area contributed by atoms with Gasteiger partial charge in [0.1, 0.15) is 24.4 Å². The first-order valence-electron chi connectivity index (χ1n) is 8.81. The Balaban J connectivity index is 1.50. The molecule has 0 radical (unpaired) electrons. The van der Waals surface area contributed by atoms with Crippen molar-refractivity contribution in [1.82, 2.24) is 0 Å². The van der Waals surface area contributed by atoms with Crippen molar-refractivity contribution in [3.8, 4) is 0 Å². The Hall–Kier alpha value is -1.02. The van der Waals surface area contributed by atoms with Crippen molar-refractivity contribution in [2.75, 3.05) is 6.61 Å². The number of hydrogen-bond donors (Lipinski definition) is 0. The highest BCUT2D eigenvalue weighted by Gasteiger charge is 2.58. The molecule has 0 aromatic heterocycles. The molecular formula is C19H26O6. The number of hydrogen-bond acceptors (Lipinski definition) is 6. The van der Waals surface area contributed by atoms with Crippen LogP contribution in [0.1, 0.15) is 33.3 Å². The Bertz CT molecular complexity index is 601. The maximum atomic E-state index is 6.22. The van der Waals surface area contributed by atoms with Crippen molar-refractivity contribution >= 4 is 0 Å². The summed E-state index contributed by atoms with van der Waals surface area (Å²) in [7, 11) is 0. The minimum absolute atomic E-state index is 0.211. The van der Waals surface area contributed by atoms with Crippen LogP contribution in [0.4, 0.5) is 0 Å². The third-order valence-corrected chi connectivity index (χ3v) is 4.71. The van der Waals surface area contributed by atoms with Gasteiger partial charge in [-0.1, -0.05) is 30.3 Å². The van der Waals surface area contributed by atoms with Gasteiger partial charge in [-0.15, -0.1) is 0 Å². The summed E-state index contributed by atoms with van der Waals surface area (Å²) in [6, 6.07) is 10.1. The van der Waals surface area contributed by atoms with Gasteiger partial charge in [0.05, 0.1) is 13.2 Å². The van der Waals surface area contributed by atoms with E-state index in [0.717, 1.165) is 5.56 Å². The maximum Gasteiger partial charge on any atom is 0.190 e. The van der Waals surface area contributed by atoms with Gasteiger partial charge in [0, 0.05) is 0 Å². The number of rotatable bonds is 4. The second-order valence-corrected chi connectivity index (χ2v) is 7.70. The molecule has 0 N–H and O–H groups in total. The fourth-order valence-corrected chi connectivity index (χ4v) is 3.64. The molecule has 0 spiro atoms. The lowest BCUT2D eigenvalue weighted by molar-refractivity contribution is -0.236. The van der Waals surface area contributed by atoms with E-state index in [-0.39, 0.29) is 24.4 Å². The zero-order chi connectivity index (χ0) is 17.7. The van der Waals surface area contributed by atoms with Gasteiger partial charge >= 0.3 is 0 Å². The van der Waals surface area contributed by atoms with Gasteiger partial charge < -0.3 is 28.4 Å². The molecular weight excluding hydrogens is 324 g/mol. The van der Waals surface area contributed by atoms with Gasteiger partial charge in [0.2, 0.25) is 0 Å². The minimum atomic E-state index is -0.680. The first kappa shape index (κ1) is 17.4. The topological polar surface area (TPSA) is 55.4 Å². The molecule has 3 saturated heterocycles. The van der Waals surface area contributed by atoms with Crippen LogP contribution < -0.4 is 0 Å². The fraction of sp³-hybridized carbons (Fsp3) is 0.684. The van der Waals surface area contributed by atoms with Gasteiger partial charge in [0.15, 0.2) is 17.9 Å². The monoisotopic (exact) mass is 350 g/mol. The zero-order valence-corrected chi connectivity index (χ0v) is 15.1. The fourth-order valence-electron chi connectivity index (χ4n) is 3.64. The van der Waals surface area contributed by atoms with E-state index in [9.17, 15) is 0 Å². The first-order valence-corrected chi connectivity index (χ1v) is 8.81. The van der Waals surface area contributed by atoms with Gasteiger partial charge in [-0.3, -0.25) is 0 Å². The Morgan fingerprint density at radius 2 is 1.72 bits per heavy atom. The van der Waals surface area contributed by atoms with Crippen LogP contribution in [0, 0.1) is 0 Å². The highest BCUT2D eigenvalue weighted by molar-refractivity contribution is 5.13. The summed E-state index contributed by atoms with van der Waals surface area (Å²) in [5, 5.41) is 0. The highest BCUT2D eigenvalue weighted by Crippen LogP contribution is 2.42. The predicted molar refractivity (Wildman–Crippen MR) is 88.6 cm³/mol. The van der Waals surface area contributed by atoms with E-state index in [0.29, 0.717) is 13.2 Å². The lowest BCUT2D eigenvalue weighted by Gasteiger charge is -2.29. The average molecular weight is 350 g/mol. The van der Waals surface area contributed by atoms with Crippen LogP contribution in [0.2, 0.25) is 0 Å². The molecule has 5 atom stereocenters. The van der Waals surface area contributed by atoms with Crippen LogP contribution in [-0.4, -0.2) is 48.9 Å². The molecule has 3 aliphatic heterocycles. The summed E-state index contributed by atoms with van der Waals surface area (Å²) in [6.07, 6.45) is -1.52. The quantitative estimate of drug-likeness (QED) is 0.832. The van der Waals surface area contributed by atoms with Crippen molar-refractivity contribution < 1.29 is 28.4 Å². The van der Waals surface area contributed by atoms with Crippen molar-refractivity contribution in [3.05, 3.63) is 35.9 Å². The van der Waals surface area contributed by atoms with E-state index >= 15 is 0 Å². The maximum absolute atomic E-state index is 6.22. The molecule has 25 heavy (non-hydrogen) atoms. The normalized spacial score (nSPS) is 38.8. The van der Waals surface area contributed by atoms with E-state index in [2.05, 4.69) is 0 Å². The number of fused-ring (bicyclic) bond motifs is 1. The number of benzene rings is 1. The summed E-state index contributed by atoms with van der Waals surface area (Å²) in [4.78, 5) is 0. The highest BCUT2D eigenvalue weighted by atomic mass is 16.8. The summed E-state index contributed by atoms with van der Waals surface area (Å²) < 4.78 is 36.0. The molecule has 1 aromatic rings. The van der Waals surface area contributed by atoms with Gasteiger partial charge in [-0.25, -0.2) is 0 Å². The van der Waals surface area contributed by atoms with Crippen LogP contribution >= 0.6 is 0 Å². The Morgan fingerprint density at radius 1 is 0.960 bits per heavy atom. The average Bonchev–Trinajstić information content (AvgIpc) is 3.15. The minimum Gasteiger partial charge on any atom is -0.368 e. The van der Waals surface area contributed by atoms with E-state index in [1.54, 1.807) is 0 Å². The van der Waals surface area contributed by atoms with E-state index in [4.69, 9.17) is 28.4 Å². The Labute approximate surface area is 148 Å². The predicted octanol–water partition coefficient (Wildman–Crippen LogP) is 2.60. The van der Waals surface area contributed by atoms with Crippen molar-refractivity contribution in [3.63, 3.8) is 0 Å². The van der Waals surface area contributed by atoms with E-state index < -0.39 is 17.9 Å². The molecule has 0 aliphatic carbocycles. The van der Waals surface area contributed by atoms with E-state index in [1.165, 1.54) is 0 Å². The molecule has 3 fully saturated rings. The third kappa shape index (κ3) is 3.60. The van der Waals surface area contributed by atoms with Crippen LogP contribution in [-0.2, 0) is 35.0 Å². The molecule has 0 bridgehead atoms. The largest absolute Gasteiger partial charge is 0.368 e. The standard InChI is InChI=1S/C19H26O6/c1-18(2)21-11-13(23-18)14-15(20-10-12-8-6-5-7-9-12)16-17(22-14)25-19(3,4)24-16/h5-9,13-17H,10-11H2,1-4H3/t13-,14-,15-,16+,17-/m1/s1. The summed E-state index contributed by atoms with van der Waals surface area (Å²) in [6.45, 7) is 8.52. The Morgan fingerprint density at radius 3 is 2.40 bits per heavy atom. The second-order valence-electron chi connectivity index (χ2n) is 7.70. The summed E-state index contributed by atoms with van der Waals surface area (Å²) in [5.74, 6) is -1.29. The first-order chi connectivity index (χ1) is 11.8. The molecule has 3 aliphatic rings. The molecule has 3 heterocycles. The molecule has 0 unspecified atom stereocenters. The summed E-state index contributed by atoms with van der Waals surface area (Å²) in [5.41, 5.74) is 1.10. The third-order valence-electron chi connectivity index (χ3n) is 4.71. The van der Waals surface area contributed by atoms with Crippen LogP contribution in [0.25, 0.3) is 0 Å². The lowest BCUT2D eigenvalue weighted by atomic mass is 10.1. The smallest absolute Gasteiger partial charge is 0.190 e. The molecule has 0 amide bonds. The number of ether oxygens (including phenoxy) is 6. The van der Waals surface area contributed by atoms with Crippen molar-refractivity contribution in [2.45, 2.75) is 76.6 Å². The van der Waals surface area contributed by atoms with Gasteiger partial charge in [-0.05, 0) is 33.3 Å². The summed E-state index contributed by atoms with van der Waals surface area (Å²) >= 11 is 0. The van der Waals surface area contributed by atoms with Gasteiger partial charge in [-0.2, -0.15) is 0 Å². The molecule has 6 heteroatoms. The molecule has 138 valence electrons. The molecule has 6 nitrogen and oxygen atoms in total. The second kappa shape index (κ2) is 6.30. The Kier molecular flexibility index (Phi) is 4.38.